The summed E-state index contributed by atoms with van der Waals surface area (Å²) in [5.41, 5.74) is 1.31. The molecule has 0 spiro atoms. The number of likely N-dealkylation sites (tertiary alicyclic amines) is 1. The molecule has 4 heteroatoms. The molecule has 1 fully saturated rings. The van der Waals surface area contributed by atoms with Crippen LogP contribution in [0.2, 0.25) is 0 Å². The molecular weight excluding hydrogens is 198 g/mol. The molecule has 1 saturated heterocycles. The topological polar surface area (TPSA) is 21.1 Å². The first-order chi connectivity index (χ1) is 6.74. The molecule has 0 bridgehead atoms. The van der Waals surface area contributed by atoms with Crippen molar-refractivity contribution in [3.63, 3.8) is 0 Å². The van der Waals surface area contributed by atoms with E-state index in [0.29, 0.717) is 5.38 Å². The van der Waals surface area contributed by atoms with E-state index >= 15 is 0 Å². The Kier molecular flexibility index (Phi) is 3.08. The molecule has 2 rings (SSSR count). The summed E-state index contributed by atoms with van der Waals surface area (Å²) in [7, 11) is 1.95. The van der Waals surface area contributed by atoms with Crippen molar-refractivity contribution in [1.29, 1.82) is 0 Å². The molecule has 1 atom stereocenters. The molecule has 78 valence electrons. The summed E-state index contributed by atoms with van der Waals surface area (Å²) in [6, 6.07) is 0. The lowest BCUT2D eigenvalue weighted by Gasteiger charge is -2.13. The molecule has 3 nitrogen and oxygen atoms in total. The summed E-state index contributed by atoms with van der Waals surface area (Å²) >= 11 is 6.03. The minimum absolute atomic E-state index is 0.365. The van der Waals surface area contributed by atoms with E-state index in [2.05, 4.69) is 16.2 Å². The Bertz CT molecular complexity index is 297. The summed E-state index contributed by atoms with van der Waals surface area (Å²) in [5, 5.41) is 4.51. The van der Waals surface area contributed by atoms with Crippen LogP contribution in [0, 0.1) is 0 Å². The molecule has 0 N–H and O–H groups in total. The van der Waals surface area contributed by atoms with Crippen LogP contribution in [-0.4, -0.2) is 39.7 Å². The Morgan fingerprint density at radius 3 is 3.07 bits per heavy atom. The lowest BCUT2D eigenvalue weighted by atomic mass is 10.2. The second-order valence-electron chi connectivity index (χ2n) is 3.96. The number of nitrogens with zero attached hydrogens (tertiary/aromatic N) is 3. The van der Waals surface area contributed by atoms with Gasteiger partial charge in [-0.2, -0.15) is 5.10 Å². The van der Waals surface area contributed by atoms with Crippen molar-refractivity contribution in [2.45, 2.75) is 18.2 Å². The van der Waals surface area contributed by atoms with Crippen LogP contribution < -0.4 is 0 Å². The minimum Gasteiger partial charge on any atom is -0.301 e. The standard InChI is InChI=1S/C10H16ClN3/c1-13-7-9(6-12-13)2-4-14-5-3-10(11)8-14/h6-7,10H,2-5,8H2,1H3. The number of aromatic nitrogens is 2. The van der Waals surface area contributed by atoms with E-state index in [1.54, 1.807) is 0 Å². The molecule has 1 aromatic heterocycles. The Balaban J connectivity index is 1.77. The Hall–Kier alpha value is -0.540. The van der Waals surface area contributed by atoms with Gasteiger partial charge in [0.15, 0.2) is 0 Å². The van der Waals surface area contributed by atoms with Crippen LogP contribution in [-0.2, 0) is 13.5 Å². The number of rotatable bonds is 3. The molecule has 14 heavy (non-hydrogen) atoms. The van der Waals surface area contributed by atoms with E-state index < -0.39 is 0 Å². The largest absolute Gasteiger partial charge is 0.301 e. The van der Waals surface area contributed by atoms with Crippen molar-refractivity contribution < 1.29 is 0 Å². The maximum atomic E-state index is 6.03. The second-order valence-corrected chi connectivity index (χ2v) is 4.58. The molecule has 2 heterocycles. The highest BCUT2D eigenvalue weighted by molar-refractivity contribution is 6.20. The van der Waals surface area contributed by atoms with Crippen molar-refractivity contribution in [3.8, 4) is 0 Å². The third-order valence-electron chi connectivity index (χ3n) is 2.69. The second kappa shape index (κ2) is 4.32. The third kappa shape index (κ3) is 2.49. The number of aryl methyl sites for hydroxylation is 1. The lowest BCUT2D eigenvalue weighted by Crippen LogP contribution is -2.23. The summed E-state index contributed by atoms with van der Waals surface area (Å²) in [6.07, 6.45) is 6.23. The van der Waals surface area contributed by atoms with Crippen molar-refractivity contribution in [2.24, 2.45) is 7.05 Å². The van der Waals surface area contributed by atoms with E-state index in [9.17, 15) is 0 Å². The average Bonchev–Trinajstić information content (AvgIpc) is 2.72. The van der Waals surface area contributed by atoms with Crippen LogP contribution in [0.25, 0.3) is 0 Å². The highest BCUT2D eigenvalue weighted by Gasteiger charge is 2.19. The lowest BCUT2D eigenvalue weighted by molar-refractivity contribution is 0.344. The van der Waals surface area contributed by atoms with Crippen molar-refractivity contribution in [2.75, 3.05) is 19.6 Å². The zero-order valence-corrected chi connectivity index (χ0v) is 9.24. The van der Waals surface area contributed by atoms with Crippen LogP contribution in [0.5, 0.6) is 0 Å². The van der Waals surface area contributed by atoms with Crippen LogP contribution in [0.4, 0.5) is 0 Å². The van der Waals surface area contributed by atoms with Gasteiger partial charge in [-0.3, -0.25) is 4.68 Å². The molecule has 1 aliphatic heterocycles. The number of alkyl halides is 1. The summed E-state index contributed by atoms with van der Waals surface area (Å²) in [4.78, 5) is 2.42. The first kappa shape index (κ1) is 9.99. The molecule has 1 unspecified atom stereocenters. The Morgan fingerprint density at radius 2 is 2.50 bits per heavy atom. The molecule has 0 radical (unpaired) electrons. The van der Waals surface area contributed by atoms with E-state index in [0.717, 1.165) is 32.5 Å². The van der Waals surface area contributed by atoms with Crippen LogP contribution in [0.15, 0.2) is 12.4 Å². The van der Waals surface area contributed by atoms with Gasteiger partial charge in [0.1, 0.15) is 0 Å². The van der Waals surface area contributed by atoms with Crippen molar-refractivity contribution in [3.05, 3.63) is 18.0 Å². The zero-order chi connectivity index (χ0) is 9.97. The summed E-state index contributed by atoms with van der Waals surface area (Å²) in [6.45, 7) is 3.30. The van der Waals surface area contributed by atoms with Gasteiger partial charge in [0.05, 0.1) is 6.20 Å². The molecule has 0 aliphatic carbocycles. The average molecular weight is 214 g/mol. The fourth-order valence-corrected chi connectivity index (χ4v) is 2.17. The van der Waals surface area contributed by atoms with Gasteiger partial charge in [0.25, 0.3) is 0 Å². The monoisotopic (exact) mass is 213 g/mol. The van der Waals surface area contributed by atoms with Gasteiger partial charge in [0, 0.05) is 31.7 Å². The van der Waals surface area contributed by atoms with Crippen molar-refractivity contribution >= 4 is 11.6 Å². The zero-order valence-electron chi connectivity index (χ0n) is 8.49. The molecular formula is C10H16ClN3. The third-order valence-corrected chi connectivity index (χ3v) is 3.05. The van der Waals surface area contributed by atoms with E-state index in [4.69, 9.17) is 11.6 Å². The molecule has 1 aliphatic rings. The molecule has 0 amide bonds. The van der Waals surface area contributed by atoms with Crippen LogP contribution in [0.3, 0.4) is 0 Å². The van der Waals surface area contributed by atoms with Gasteiger partial charge in [0.2, 0.25) is 0 Å². The van der Waals surface area contributed by atoms with Gasteiger partial charge in [-0.05, 0) is 24.9 Å². The molecule has 0 aromatic carbocycles. The number of halogens is 1. The predicted octanol–water partition coefficient (Wildman–Crippen LogP) is 1.28. The molecule has 1 aromatic rings. The fourth-order valence-electron chi connectivity index (χ4n) is 1.88. The van der Waals surface area contributed by atoms with Gasteiger partial charge in [-0.1, -0.05) is 0 Å². The van der Waals surface area contributed by atoms with E-state index in [-0.39, 0.29) is 0 Å². The first-order valence-electron chi connectivity index (χ1n) is 5.08. The Morgan fingerprint density at radius 1 is 1.64 bits per heavy atom. The minimum atomic E-state index is 0.365. The van der Waals surface area contributed by atoms with Gasteiger partial charge in [-0.15, -0.1) is 11.6 Å². The number of hydrogen-bond acceptors (Lipinski definition) is 2. The smallest absolute Gasteiger partial charge is 0.0522 e. The maximum absolute atomic E-state index is 6.03. The molecule has 0 saturated carbocycles. The summed E-state index contributed by atoms with van der Waals surface area (Å²) < 4.78 is 1.85. The fraction of sp³-hybridized carbons (Fsp3) is 0.700. The normalized spacial score (nSPS) is 23.1. The van der Waals surface area contributed by atoms with Gasteiger partial charge in [-0.25, -0.2) is 0 Å². The maximum Gasteiger partial charge on any atom is 0.0522 e. The van der Waals surface area contributed by atoms with Crippen molar-refractivity contribution in [1.82, 2.24) is 14.7 Å². The van der Waals surface area contributed by atoms with Crippen LogP contribution >= 0.6 is 11.6 Å². The Labute approximate surface area is 89.7 Å². The van der Waals surface area contributed by atoms with Gasteiger partial charge >= 0.3 is 0 Å². The quantitative estimate of drug-likeness (QED) is 0.706. The predicted molar refractivity (Wildman–Crippen MR) is 57.6 cm³/mol. The number of hydrogen-bond donors (Lipinski definition) is 0. The van der Waals surface area contributed by atoms with Gasteiger partial charge < -0.3 is 4.90 Å². The van der Waals surface area contributed by atoms with Crippen LogP contribution in [0.1, 0.15) is 12.0 Å². The first-order valence-corrected chi connectivity index (χ1v) is 5.51. The van der Waals surface area contributed by atoms with E-state index in [1.165, 1.54) is 5.56 Å². The summed E-state index contributed by atoms with van der Waals surface area (Å²) in [5.74, 6) is 0. The highest BCUT2D eigenvalue weighted by atomic mass is 35.5. The highest BCUT2D eigenvalue weighted by Crippen LogP contribution is 2.14. The van der Waals surface area contributed by atoms with E-state index in [1.807, 2.05) is 17.9 Å². The SMILES string of the molecule is Cn1cc(CCN2CCC(Cl)C2)cn1.